The zero-order valence-corrected chi connectivity index (χ0v) is 17.5. The number of nitrogens with zero attached hydrogens (tertiary/aromatic N) is 2. The number of fused-ring (bicyclic) bond motifs is 1. The predicted molar refractivity (Wildman–Crippen MR) is 113 cm³/mol. The maximum Gasteiger partial charge on any atom is 0.303 e. The third-order valence-electron chi connectivity index (χ3n) is 5.12. The minimum Gasteiger partial charge on any atom is -0.481 e. The number of thioether (sulfide) groups is 1. The van der Waals surface area contributed by atoms with E-state index in [4.69, 9.17) is 5.11 Å². The molecule has 5 heteroatoms. The minimum absolute atomic E-state index is 0.181. The molecule has 1 N–H and O–H groups in total. The van der Waals surface area contributed by atoms with Gasteiger partial charge in [0.15, 0.2) is 0 Å². The summed E-state index contributed by atoms with van der Waals surface area (Å²) in [5.41, 5.74) is 5.31. The lowest BCUT2D eigenvalue weighted by Crippen LogP contribution is -2.23. The van der Waals surface area contributed by atoms with Crippen LogP contribution in [-0.2, 0) is 16.6 Å². The van der Waals surface area contributed by atoms with Crippen molar-refractivity contribution in [1.29, 1.82) is 0 Å². The van der Waals surface area contributed by atoms with Crippen LogP contribution >= 0.6 is 11.8 Å². The minimum atomic E-state index is -0.757. The molecule has 2 heterocycles. The van der Waals surface area contributed by atoms with Crippen molar-refractivity contribution in [1.82, 2.24) is 9.97 Å². The van der Waals surface area contributed by atoms with Gasteiger partial charge >= 0.3 is 5.97 Å². The maximum atomic E-state index is 10.6. The number of carboxylic acid groups (broad SMARTS) is 1. The van der Waals surface area contributed by atoms with E-state index in [-0.39, 0.29) is 11.8 Å². The fourth-order valence-corrected chi connectivity index (χ4v) is 4.90. The van der Waals surface area contributed by atoms with Crippen LogP contribution < -0.4 is 0 Å². The Hall–Kier alpha value is -2.32. The molecular weight excluding hydrogens is 368 g/mol. The third kappa shape index (κ3) is 5.14. The van der Waals surface area contributed by atoms with E-state index in [1.165, 1.54) is 28.2 Å². The molecule has 0 saturated carbocycles. The zero-order chi connectivity index (χ0) is 20.1. The second-order valence-electron chi connectivity index (χ2n) is 7.89. The van der Waals surface area contributed by atoms with E-state index in [0.717, 1.165) is 24.1 Å². The molecule has 0 unspecified atom stereocenters. The summed E-state index contributed by atoms with van der Waals surface area (Å²) < 4.78 is 0. The second-order valence-corrected chi connectivity index (χ2v) is 9.03. The van der Waals surface area contributed by atoms with Crippen LogP contribution in [-0.4, -0.2) is 26.8 Å². The number of hydrogen-bond acceptors (Lipinski definition) is 4. The molecule has 0 bridgehead atoms. The summed E-state index contributed by atoms with van der Waals surface area (Å²) >= 11 is 1.93. The number of carboxylic acids is 1. The van der Waals surface area contributed by atoms with Crippen LogP contribution in [0.3, 0.4) is 0 Å². The van der Waals surface area contributed by atoms with Crippen molar-refractivity contribution in [3.63, 3.8) is 0 Å². The van der Waals surface area contributed by atoms with E-state index in [1.54, 1.807) is 12.4 Å². The van der Waals surface area contributed by atoms with E-state index in [9.17, 15) is 4.79 Å². The first-order valence-electron chi connectivity index (χ1n) is 9.68. The fourth-order valence-electron chi connectivity index (χ4n) is 3.32. The van der Waals surface area contributed by atoms with Crippen LogP contribution in [0.1, 0.15) is 67.6 Å². The standard InChI is InChI=1S/C23H26N2O2S/c1-16-12-21-20(23(2,3)10-11-28-21)13-17(16)8-9-19-15-24-14-18(25-19)6-4-5-7-22(26)27/h12-15H,4-7,10-11H2,1-3H3,(H,26,27). The molecule has 0 fully saturated rings. The van der Waals surface area contributed by atoms with Gasteiger partial charge in [-0.3, -0.25) is 9.78 Å². The van der Waals surface area contributed by atoms with Gasteiger partial charge in [0.25, 0.3) is 0 Å². The molecule has 2 aromatic rings. The van der Waals surface area contributed by atoms with Gasteiger partial charge in [-0.1, -0.05) is 19.8 Å². The van der Waals surface area contributed by atoms with Crippen molar-refractivity contribution in [2.45, 2.75) is 63.2 Å². The second kappa shape index (κ2) is 8.79. The van der Waals surface area contributed by atoms with Gasteiger partial charge in [-0.05, 0) is 73.0 Å². The van der Waals surface area contributed by atoms with Crippen LogP contribution in [0.2, 0.25) is 0 Å². The van der Waals surface area contributed by atoms with Crippen molar-refractivity contribution in [3.8, 4) is 11.8 Å². The smallest absolute Gasteiger partial charge is 0.303 e. The Kier molecular flexibility index (Phi) is 6.41. The van der Waals surface area contributed by atoms with Crippen LogP contribution in [0, 0.1) is 18.8 Å². The molecule has 0 spiro atoms. The molecule has 1 aromatic heterocycles. The molecule has 28 heavy (non-hydrogen) atoms. The fraction of sp³-hybridized carbons (Fsp3) is 0.435. The van der Waals surface area contributed by atoms with Crippen LogP contribution in [0.4, 0.5) is 0 Å². The van der Waals surface area contributed by atoms with E-state index in [2.05, 4.69) is 54.7 Å². The summed E-state index contributed by atoms with van der Waals surface area (Å²) in [6, 6.07) is 4.50. The summed E-state index contributed by atoms with van der Waals surface area (Å²) in [6.45, 7) is 6.71. The average Bonchev–Trinajstić information content (AvgIpc) is 2.64. The molecule has 3 rings (SSSR count). The van der Waals surface area contributed by atoms with Gasteiger partial charge in [-0.15, -0.1) is 11.8 Å². The molecule has 0 aliphatic carbocycles. The summed E-state index contributed by atoms with van der Waals surface area (Å²) in [7, 11) is 0. The van der Waals surface area contributed by atoms with Gasteiger partial charge in [0.1, 0.15) is 5.69 Å². The highest BCUT2D eigenvalue weighted by Crippen LogP contribution is 2.42. The van der Waals surface area contributed by atoms with Crippen molar-refractivity contribution in [2.24, 2.45) is 0 Å². The van der Waals surface area contributed by atoms with Gasteiger partial charge in [0, 0.05) is 23.1 Å². The van der Waals surface area contributed by atoms with Gasteiger partial charge in [0.05, 0.1) is 11.9 Å². The Labute approximate surface area is 171 Å². The third-order valence-corrected chi connectivity index (χ3v) is 6.18. The van der Waals surface area contributed by atoms with Gasteiger partial charge in [0.2, 0.25) is 0 Å². The number of rotatable bonds is 5. The normalized spacial score (nSPS) is 14.7. The Morgan fingerprint density at radius 3 is 2.86 bits per heavy atom. The van der Waals surface area contributed by atoms with Crippen molar-refractivity contribution < 1.29 is 9.90 Å². The summed E-state index contributed by atoms with van der Waals surface area (Å²) in [4.78, 5) is 20.8. The summed E-state index contributed by atoms with van der Waals surface area (Å²) in [5.74, 6) is 6.86. The van der Waals surface area contributed by atoms with Crippen molar-refractivity contribution in [3.05, 3.63) is 52.6 Å². The molecule has 1 aliphatic heterocycles. The Morgan fingerprint density at radius 2 is 2.07 bits per heavy atom. The van der Waals surface area contributed by atoms with Crippen molar-refractivity contribution >= 4 is 17.7 Å². The number of carbonyl (C=O) groups is 1. The lowest BCUT2D eigenvalue weighted by atomic mass is 9.80. The van der Waals surface area contributed by atoms with Crippen molar-refractivity contribution in [2.75, 3.05) is 5.75 Å². The monoisotopic (exact) mass is 394 g/mol. The molecule has 4 nitrogen and oxygen atoms in total. The lowest BCUT2D eigenvalue weighted by molar-refractivity contribution is -0.137. The predicted octanol–water partition coefficient (Wildman–Crippen LogP) is 4.76. The van der Waals surface area contributed by atoms with E-state index >= 15 is 0 Å². The number of unbranched alkanes of at least 4 members (excludes halogenated alkanes) is 1. The first kappa shape index (κ1) is 20.4. The first-order valence-corrected chi connectivity index (χ1v) is 10.7. The highest BCUT2D eigenvalue weighted by atomic mass is 32.2. The number of aryl methyl sites for hydroxylation is 2. The number of hydrogen-bond donors (Lipinski definition) is 1. The summed E-state index contributed by atoms with van der Waals surface area (Å²) in [6.07, 6.45) is 6.94. The van der Waals surface area contributed by atoms with Gasteiger partial charge in [-0.2, -0.15) is 0 Å². The molecule has 0 saturated heterocycles. The molecular formula is C23H26N2O2S. The van der Waals surface area contributed by atoms with E-state index < -0.39 is 5.97 Å². The van der Waals surface area contributed by atoms with E-state index in [1.807, 2.05) is 11.8 Å². The quantitative estimate of drug-likeness (QED) is 0.585. The molecule has 146 valence electrons. The Bertz CT molecular complexity index is 941. The molecule has 1 aliphatic rings. The lowest BCUT2D eigenvalue weighted by Gasteiger charge is -2.32. The number of aromatic nitrogens is 2. The highest BCUT2D eigenvalue weighted by molar-refractivity contribution is 7.99. The molecule has 1 aromatic carbocycles. The van der Waals surface area contributed by atoms with Crippen LogP contribution in [0.5, 0.6) is 0 Å². The van der Waals surface area contributed by atoms with Crippen LogP contribution in [0.25, 0.3) is 0 Å². The Morgan fingerprint density at radius 1 is 1.25 bits per heavy atom. The number of benzene rings is 1. The molecule has 0 atom stereocenters. The van der Waals surface area contributed by atoms with Gasteiger partial charge in [-0.25, -0.2) is 4.98 Å². The largest absolute Gasteiger partial charge is 0.481 e. The van der Waals surface area contributed by atoms with Gasteiger partial charge < -0.3 is 5.11 Å². The zero-order valence-electron chi connectivity index (χ0n) is 16.7. The SMILES string of the molecule is Cc1cc2c(cc1C#Cc1cncc(CCCCC(=O)O)n1)C(C)(C)CCS2. The Balaban J connectivity index is 1.77. The maximum absolute atomic E-state index is 10.6. The number of aliphatic carboxylic acids is 1. The molecule has 0 radical (unpaired) electrons. The van der Waals surface area contributed by atoms with E-state index in [0.29, 0.717) is 12.1 Å². The first-order chi connectivity index (χ1) is 13.3. The average molecular weight is 395 g/mol. The van der Waals surface area contributed by atoms with Crippen LogP contribution in [0.15, 0.2) is 29.4 Å². The topological polar surface area (TPSA) is 63.1 Å². The summed E-state index contributed by atoms with van der Waals surface area (Å²) in [5, 5.41) is 8.71. The highest BCUT2D eigenvalue weighted by Gasteiger charge is 2.28. The molecule has 0 amide bonds.